The van der Waals surface area contributed by atoms with Crippen LogP contribution in [-0.2, 0) is 0 Å². The summed E-state index contributed by atoms with van der Waals surface area (Å²) in [5.74, 6) is 0.857. The topological polar surface area (TPSA) is 35.5 Å². The second-order valence-corrected chi connectivity index (χ2v) is 10.2. The van der Waals surface area contributed by atoms with Crippen molar-refractivity contribution < 1.29 is 14.3 Å². The average Bonchev–Trinajstić information content (AvgIpc) is 3.35. The molecule has 0 atom stereocenters. The van der Waals surface area contributed by atoms with Crippen molar-refractivity contribution in [2.24, 2.45) is 0 Å². The maximum atomic E-state index is 12.5. The molecule has 0 saturated heterocycles. The maximum Gasteiger partial charge on any atom is 0.519 e. The minimum absolute atomic E-state index is 0.429. The summed E-state index contributed by atoms with van der Waals surface area (Å²) >= 11 is 0. The van der Waals surface area contributed by atoms with Gasteiger partial charge in [0.2, 0.25) is 0 Å². The lowest BCUT2D eigenvalue weighted by molar-refractivity contribution is 0.152. The molecule has 0 N–H and O–H groups in total. The molecule has 0 amide bonds. The van der Waals surface area contributed by atoms with Gasteiger partial charge in [-0.1, -0.05) is 97.1 Å². The van der Waals surface area contributed by atoms with E-state index in [0.29, 0.717) is 11.5 Å². The first kappa shape index (κ1) is 22.6. The summed E-state index contributed by atoms with van der Waals surface area (Å²) in [6.45, 7) is 0. The molecule has 10 rings (SSSR count). The van der Waals surface area contributed by atoms with Crippen molar-refractivity contribution >= 4 is 6.16 Å². The van der Waals surface area contributed by atoms with Crippen molar-refractivity contribution in [3.63, 3.8) is 0 Å². The summed E-state index contributed by atoms with van der Waals surface area (Å²) in [5, 5.41) is 0. The predicted molar refractivity (Wildman–Crippen MR) is 159 cm³/mol. The molecule has 0 saturated carbocycles. The number of benzene rings is 6. The average molecular weight is 515 g/mol. The Labute approximate surface area is 231 Å². The molecule has 8 bridgehead atoms. The SMILES string of the molecule is O=C(Oc1ccc(-c2ccc3cc2-c2ccc-3cc2)cc1)Oc1ccc(-c2ccc3cc2-c2ccc-3cc2)cc1. The van der Waals surface area contributed by atoms with Crippen LogP contribution in [0.3, 0.4) is 0 Å². The normalized spacial score (nSPS) is 11.6. The molecule has 0 fully saturated rings. The van der Waals surface area contributed by atoms with Crippen LogP contribution in [0.4, 0.5) is 4.79 Å². The van der Waals surface area contributed by atoms with E-state index in [-0.39, 0.29) is 0 Å². The summed E-state index contributed by atoms with van der Waals surface area (Å²) < 4.78 is 10.9. The zero-order valence-corrected chi connectivity index (χ0v) is 21.4. The Morgan fingerprint density at radius 3 is 1.02 bits per heavy atom. The van der Waals surface area contributed by atoms with Crippen LogP contribution in [0, 0.1) is 0 Å². The molecule has 188 valence electrons. The Balaban J connectivity index is 0.967. The van der Waals surface area contributed by atoms with Crippen LogP contribution in [0.25, 0.3) is 66.8 Å². The number of ether oxygens (including phenoxy) is 2. The van der Waals surface area contributed by atoms with Crippen LogP contribution in [0.1, 0.15) is 0 Å². The molecule has 0 unspecified atom stereocenters. The van der Waals surface area contributed by atoms with Gasteiger partial charge in [-0.25, -0.2) is 4.79 Å². The Morgan fingerprint density at radius 1 is 0.325 bits per heavy atom. The van der Waals surface area contributed by atoms with Gasteiger partial charge in [0.25, 0.3) is 0 Å². The molecule has 6 aromatic rings. The Bertz CT molecular complexity index is 1770. The fraction of sp³-hybridized carbons (Fsp3) is 0. The summed E-state index contributed by atoms with van der Waals surface area (Å²) in [6, 6.07) is 45.4. The van der Waals surface area contributed by atoms with Crippen LogP contribution in [-0.4, -0.2) is 6.16 Å². The van der Waals surface area contributed by atoms with Gasteiger partial charge >= 0.3 is 6.16 Å². The van der Waals surface area contributed by atoms with E-state index >= 15 is 0 Å². The lowest BCUT2D eigenvalue weighted by atomic mass is 9.95. The number of carbonyl (C=O) groups excluding carboxylic acids is 1. The minimum atomic E-state index is -0.771. The van der Waals surface area contributed by atoms with Gasteiger partial charge in [-0.15, -0.1) is 0 Å². The summed E-state index contributed by atoms with van der Waals surface area (Å²) in [4.78, 5) is 12.5. The lowest BCUT2D eigenvalue weighted by Crippen LogP contribution is -2.13. The van der Waals surface area contributed by atoms with Crippen LogP contribution < -0.4 is 9.47 Å². The van der Waals surface area contributed by atoms with Crippen LogP contribution in [0.2, 0.25) is 0 Å². The van der Waals surface area contributed by atoms with Gasteiger partial charge in [0.1, 0.15) is 11.5 Å². The molecule has 4 aliphatic carbocycles. The van der Waals surface area contributed by atoms with Crippen molar-refractivity contribution in [1.29, 1.82) is 0 Å². The third-order valence-corrected chi connectivity index (χ3v) is 7.83. The quantitative estimate of drug-likeness (QED) is 0.173. The zero-order valence-electron chi connectivity index (χ0n) is 21.4. The number of carbonyl (C=O) groups is 1. The third kappa shape index (κ3) is 3.79. The summed E-state index contributed by atoms with van der Waals surface area (Å²) in [5.41, 5.74) is 14.1. The molecular formula is C37H22O3. The van der Waals surface area contributed by atoms with Gasteiger partial charge in [-0.3, -0.25) is 0 Å². The van der Waals surface area contributed by atoms with Crippen molar-refractivity contribution in [3.05, 3.63) is 133 Å². The van der Waals surface area contributed by atoms with E-state index in [1.165, 1.54) is 44.5 Å². The first-order valence-corrected chi connectivity index (χ1v) is 13.3. The summed E-state index contributed by atoms with van der Waals surface area (Å²) in [7, 11) is 0. The molecule has 3 heteroatoms. The highest BCUT2D eigenvalue weighted by atomic mass is 16.7. The monoisotopic (exact) mass is 514 g/mol. The predicted octanol–water partition coefficient (Wildman–Crippen LogP) is 9.89. The van der Waals surface area contributed by atoms with E-state index in [4.69, 9.17) is 9.47 Å². The van der Waals surface area contributed by atoms with Gasteiger partial charge in [-0.2, -0.15) is 0 Å². The van der Waals surface area contributed by atoms with E-state index in [1.54, 1.807) is 24.3 Å². The number of hydrogen-bond acceptors (Lipinski definition) is 3. The molecule has 0 aromatic heterocycles. The Hall–Kier alpha value is -5.41. The Morgan fingerprint density at radius 2 is 0.625 bits per heavy atom. The highest BCUT2D eigenvalue weighted by molar-refractivity contribution is 5.91. The lowest BCUT2D eigenvalue weighted by Gasteiger charge is -2.11. The molecular weight excluding hydrogens is 492 g/mol. The van der Waals surface area contributed by atoms with E-state index in [9.17, 15) is 4.79 Å². The molecule has 0 heterocycles. The highest BCUT2D eigenvalue weighted by Crippen LogP contribution is 2.41. The van der Waals surface area contributed by atoms with Crippen molar-refractivity contribution in [2.75, 3.05) is 0 Å². The van der Waals surface area contributed by atoms with Crippen molar-refractivity contribution in [3.8, 4) is 78.3 Å². The van der Waals surface area contributed by atoms with Gasteiger partial charge < -0.3 is 9.47 Å². The van der Waals surface area contributed by atoms with Crippen LogP contribution in [0.5, 0.6) is 11.5 Å². The number of hydrogen-bond donors (Lipinski definition) is 0. The third-order valence-electron chi connectivity index (χ3n) is 7.83. The van der Waals surface area contributed by atoms with Gasteiger partial charge in [0.05, 0.1) is 0 Å². The molecule has 0 aliphatic heterocycles. The maximum absolute atomic E-state index is 12.5. The van der Waals surface area contributed by atoms with Crippen molar-refractivity contribution in [1.82, 2.24) is 0 Å². The van der Waals surface area contributed by atoms with E-state index in [0.717, 1.165) is 22.3 Å². The largest absolute Gasteiger partial charge is 0.519 e. The number of rotatable bonds is 4. The second kappa shape index (κ2) is 8.82. The minimum Gasteiger partial charge on any atom is -0.395 e. The highest BCUT2D eigenvalue weighted by Gasteiger charge is 2.16. The zero-order chi connectivity index (χ0) is 26.6. The molecule has 4 aliphatic rings. The molecule has 0 spiro atoms. The second-order valence-electron chi connectivity index (χ2n) is 10.2. The standard InChI is InChI=1S/C37H22O3/c38-37(39-31-15-9-25(10-16-31)33-19-13-29-21-35(33)27-5-1-23(29)2-6-27)40-32-17-11-26(12-18-32)34-20-14-30-22-36(34)28-7-3-24(30)4-8-28/h1-22H. The molecule has 0 radical (unpaired) electrons. The first-order valence-electron chi connectivity index (χ1n) is 13.3. The fourth-order valence-electron chi connectivity index (χ4n) is 5.73. The van der Waals surface area contributed by atoms with Gasteiger partial charge in [-0.05, 0) is 103 Å². The van der Waals surface area contributed by atoms with Gasteiger partial charge in [0, 0.05) is 0 Å². The van der Waals surface area contributed by atoms with E-state index in [1.807, 2.05) is 24.3 Å². The van der Waals surface area contributed by atoms with E-state index < -0.39 is 6.16 Å². The van der Waals surface area contributed by atoms with Crippen LogP contribution in [0.15, 0.2) is 133 Å². The van der Waals surface area contributed by atoms with Crippen molar-refractivity contribution in [2.45, 2.75) is 0 Å². The molecule has 3 nitrogen and oxygen atoms in total. The van der Waals surface area contributed by atoms with Gasteiger partial charge in [0.15, 0.2) is 0 Å². The van der Waals surface area contributed by atoms with E-state index in [2.05, 4.69) is 84.9 Å². The first-order chi connectivity index (χ1) is 19.7. The summed E-state index contributed by atoms with van der Waals surface area (Å²) in [6.07, 6.45) is -0.771. The number of fused-ring (bicyclic) bond motifs is 4. The fourth-order valence-corrected chi connectivity index (χ4v) is 5.73. The Kier molecular flexibility index (Phi) is 4.98. The van der Waals surface area contributed by atoms with Crippen LogP contribution >= 0.6 is 0 Å². The molecule has 6 aromatic carbocycles. The smallest absolute Gasteiger partial charge is 0.395 e. The molecule has 40 heavy (non-hydrogen) atoms.